The van der Waals surface area contributed by atoms with Crippen molar-refractivity contribution in [3.05, 3.63) is 35.9 Å². The van der Waals surface area contributed by atoms with Crippen molar-refractivity contribution in [2.75, 3.05) is 47.3 Å². The van der Waals surface area contributed by atoms with Gasteiger partial charge in [0.25, 0.3) is 0 Å². The Kier molecular flexibility index (Phi) is 18.6. The predicted molar refractivity (Wildman–Crippen MR) is 113 cm³/mol. The maximum atomic E-state index is 2.31. The van der Waals surface area contributed by atoms with Crippen LogP contribution in [0.5, 0.6) is 0 Å². The van der Waals surface area contributed by atoms with Crippen LogP contribution in [0.3, 0.4) is 0 Å². The molecule has 0 aromatic heterocycles. The van der Waals surface area contributed by atoms with Crippen molar-refractivity contribution in [3.63, 3.8) is 0 Å². The van der Waals surface area contributed by atoms with Gasteiger partial charge in [0.2, 0.25) is 0 Å². The van der Waals surface area contributed by atoms with Crippen molar-refractivity contribution in [2.45, 2.75) is 59.9 Å². The van der Waals surface area contributed by atoms with Crippen LogP contribution in [-0.2, 0) is 6.54 Å². The minimum Gasteiger partial charge on any atom is -0.870 e. The molecule has 4 nitrogen and oxygen atoms in total. The first-order valence-corrected chi connectivity index (χ1v) is 10.0. The summed E-state index contributed by atoms with van der Waals surface area (Å²) < 4.78 is 2.37. The van der Waals surface area contributed by atoms with Gasteiger partial charge in [0.15, 0.2) is 0 Å². The monoisotopic (exact) mass is 370 g/mol. The molecule has 26 heavy (non-hydrogen) atoms. The average Bonchev–Trinajstić information content (AvgIpc) is 2.48. The van der Waals surface area contributed by atoms with Gasteiger partial charge in [0.1, 0.15) is 6.54 Å². The van der Waals surface area contributed by atoms with Crippen LogP contribution in [0.4, 0.5) is 0 Å². The van der Waals surface area contributed by atoms with Gasteiger partial charge < -0.3 is 19.9 Å². The highest BCUT2D eigenvalue weighted by Crippen LogP contribution is 2.12. The largest absolute Gasteiger partial charge is 0.870 e. The molecule has 0 aliphatic rings. The van der Waals surface area contributed by atoms with Gasteiger partial charge in [-0.05, 0) is 25.7 Å². The minimum atomic E-state index is 0. The molecule has 0 bridgehead atoms. The van der Waals surface area contributed by atoms with E-state index < -0.39 is 0 Å². The van der Waals surface area contributed by atoms with Crippen LogP contribution in [0.25, 0.3) is 0 Å². The Balaban J connectivity index is -0.000000381. The van der Waals surface area contributed by atoms with Crippen LogP contribution in [0.15, 0.2) is 30.3 Å². The lowest BCUT2D eigenvalue weighted by molar-refractivity contribution is -0.928. The summed E-state index contributed by atoms with van der Waals surface area (Å²) in [6.07, 6.45) is 5.33. The van der Waals surface area contributed by atoms with E-state index in [2.05, 4.69) is 79.2 Å². The molecular formula is C22H46N2O2. The molecule has 0 amide bonds. The Hall–Kier alpha value is -0.940. The topological polar surface area (TPSA) is 60.0 Å². The predicted octanol–water partition coefficient (Wildman–Crippen LogP) is 4.98. The lowest BCUT2D eigenvalue weighted by Crippen LogP contribution is -2.50. The van der Waals surface area contributed by atoms with Crippen LogP contribution < -0.4 is 0 Å². The summed E-state index contributed by atoms with van der Waals surface area (Å²) in [6.45, 7) is 15.9. The number of benzene rings is 1. The first kappa shape index (κ1) is 29.8. The van der Waals surface area contributed by atoms with Crippen LogP contribution in [0.1, 0.15) is 58.9 Å². The van der Waals surface area contributed by atoms with Crippen molar-refractivity contribution in [1.82, 2.24) is 0 Å². The molecule has 4 heteroatoms. The number of nitrogens with zero attached hydrogens (tertiary/aromatic N) is 2. The first-order chi connectivity index (χ1) is 11.3. The minimum absolute atomic E-state index is 0. The lowest BCUT2D eigenvalue weighted by Gasteiger charge is -2.38. The van der Waals surface area contributed by atoms with Crippen molar-refractivity contribution >= 4 is 0 Å². The summed E-state index contributed by atoms with van der Waals surface area (Å²) in [7, 11) is 6.60. The summed E-state index contributed by atoms with van der Waals surface area (Å²) in [5.74, 6) is 0. The molecular weight excluding hydrogens is 324 g/mol. The molecule has 1 aromatic carbocycles. The maximum absolute atomic E-state index is 2.31. The van der Waals surface area contributed by atoms with E-state index in [9.17, 15) is 0 Å². The molecule has 0 saturated heterocycles. The smallest absolute Gasteiger partial charge is 0.104 e. The second-order valence-corrected chi connectivity index (χ2v) is 8.17. The van der Waals surface area contributed by atoms with Gasteiger partial charge in [-0.1, -0.05) is 58.0 Å². The molecule has 0 spiro atoms. The fraction of sp³-hybridized carbons (Fsp3) is 0.727. The molecule has 0 aliphatic heterocycles. The van der Waals surface area contributed by atoms with Crippen LogP contribution >= 0.6 is 0 Å². The Morgan fingerprint density at radius 3 is 1.23 bits per heavy atom. The summed E-state index contributed by atoms with van der Waals surface area (Å²) in [4.78, 5) is 0. The van der Waals surface area contributed by atoms with Gasteiger partial charge in [-0.25, -0.2) is 0 Å². The van der Waals surface area contributed by atoms with Crippen LogP contribution in [0, 0.1) is 0 Å². The van der Waals surface area contributed by atoms with E-state index in [-0.39, 0.29) is 11.0 Å². The van der Waals surface area contributed by atoms with E-state index in [0.29, 0.717) is 0 Å². The molecule has 0 atom stereocenters. The quantitative estimate of drug-likeness (QED) is 0.545. The Morgan fingerprint density at radius 1 is 0.615 bits per heavy atom. The van der Waals surface area contributed by atoms with E-state index in [1.807, 2.05) is 0 Å². The van der Waals surface area contributed by atoms with Gasteiger partial charge >= 0.3 is 0 Å². The first-order valence-electron chi connectivity index (χ1n) is 10.0. The van der Waals surface area contributed by atoms with Gasteiger partial charge in [0.05, 0.1) is 47.3 Å². The van der Waals surface area contributed by atoms with Gasteiger partial charge in [-0.15, -0.1) is 0 Å². The fourth-order valence-corrected chi connectivity index (χ4v) is 3.70. The molecule has 0 unspecified atom stereocenters. The third-order valence-corrected chi connectivity index (χ3v) is 4.29. The molecule has 0 saturated carbocycles. The second kappa shape index (κ2) is 16.2. The number of rotatable bonds is 10. The third-order valence-electron chi connectivity index (χ3n) is 4.29. The Labute approximate surface area is 163 Å². The van der Waals surface area contributed by atoms with E-state index >= 15 is 0 Å². The highest BCUT2D eigenvalue weighted by atomic mass is 16.0. The van der Waals surface area contributed by atoms with Crippen LogP contribution in [-0.4, -0.2) is 67.2 Å². The molecule has 1 rings (SSSR count). The standard InChI is InChI=1S/C12H28N.C10H16N.2H2O/c1-5-9-13(10-6-2,11-7-3)12-8-4;1-11(2,3)9-10-7-5-4-6-8-10;;/h5-12H2,1-4H3;4-8H,9H2,1-3H3;2*1H2/q2*+1;;/p-2. The van der Waals surface area contributed by atoms with Crippen molar-refractivity contribution in [3.8, 4) is 0 Å². The maximum Gasteiger partial charge on any atom is 0.104 e. The van der Waals surface area contributed by atoms with Crippen molar-refractivity contribution in [2.24, 2.45) is 0 Å². The normalized spacial score (nSPS) is 10.9. The molecule has 0 heterocycles. The highest BCUT2D eigenvalue weighted by Gasteiger charge is 2.22. The number of quaternary nitrogens is 2. The zero-order chi connectivity index (χ0) is 18.5. The third kappa shape index (κ3) is 14.3. The summed E-state index contributed by atoms with van der Waals surface area (Å²) in [6, 6.07) is 10.6. The summed E-state index contributed by atoms with van der Waals surface area (Å²) in [5.41, 5.74) is 1.40. The zero-order valence-corrected chi connectivity index (χ0v) is 18.5. The van der Waals surface area contributed by atoms with E-state index in [4.69, 9.17) is 0 Å². The van der Waals surface area contributed by atoms with Crippen molar-refractivity contribution in [1.29, 1.82) is 0 Å². The van der Waals surface area contributed by atoms with Crippen LogP contribution in [0.2, 0.25) is 0 Å². The van der Waals surface area contributed by atoms with E-state index in [1.54, 1.807) is 0 Å². The Bertz CT molecular complexity index is 373. The molecule has 0 aliphatic carbocycles. The van der Waals surface area contributed by atoms with Gasteiger partial charge in [-0.2, -0.15) is 0 Å². The van der Waals surface area contributed by atoms with Gasteiger partial charge in [-0.3, -0.25) is 0 Å². The highest BCUT2D eigenvalue weighted by molar-refractivity contribution is 5.13. The SMILES string of the molecule is CCC[N+](CCC)(CCC)CCC.C[N+](C)(C)Cc1ccccc1.[OH-].[OH-]. The zero-order valence-electron chi connectivity index (χ0n) is 18.5. The van der Waals surface area contributed by atoms with E-state index in [1.165, 1.54) is 61.9 Å². The van der Waals surface area contributed by atoms with E-state index in [0.717, 1.165) is 11.0 Å². The fourth-order valence-electron chi connectivity index (χ4n) is 3.70. The molecule has 1 aromatic rings. The average molecular weight is 371 g/mol. The lowest BCUT2D eigenvalue weighted by atomic mass is 10.2. The summed E-state index contributed by atoms with van der Waals surface area (Å²) >= 11 is 0. The second-order valence-electron chi connectivity index (χ2n) is 8.17. The molecule has 0 radical (unpaired) electrons. The summed E-state index contributed by atoms with van der Waals surface area (Å²) in [5, 5.41) is 0. The molecule has 2 N–H and O–H groups in total. The Morgan fingerprint density at radius 2 is 0.962 bits per heavy atom. The molecule has 0 fully saturated rings. The number of hydrogen-bond donors (Lipinski definition) is 0. The van der Waals surface area contributed by atoms with Crippen molar-refractivity contribution < 1.29 is 19.9 Å². The van der Waals surface area contributed by atoms with Gasteiger partial charge in [0, 0.05) is 5.56 Å². The molecule has 156 valence electrons. The number of hydrogen-bond acceptors (Lipinski definition) is 2.